The van der Waals surface area contributed by atoms with Gasteiger partial charge >= 0.3 is 0 Å². The fourth-order valence-corrected chi connectivity index (χ4v) is 16.7. The van der Waals surface area contributed by atoms with E-state index in [0.29, 0.717) is 11.3 Å². The zero-order chi connectivity index (χ0) is 64.3. The first-order valence-electron chi connectivity index (χ1n) is 33.3. The molecule has 8 heteroatoms. The van der Waals surface area contributed by atoms with Crippen LogP contribution in [0.4, 0.5) is 0 Å². The van der Waals surface area contributed by atoms with Gasteiger partial charge in [0.15, 0.2) is 0 Å². The highest BCUT2D eigenvalue weighted by Gasteiger charge is 2.37. The van der Waals surface area contributed by atoms with Crippen molar-refractivity contribution in [3.63, 3.8) is 0 Å². The number of hydrogen-bond acceptors (Lipinski definition) is 2. The van der Waals surface area contributed by atoms with E-state index in [1.807, 2.05) is 6.07 Å². The van der Waals surface area contributed by atoms with E-state index in [1.54, 1.807) is 6.20 Å². The Bertz CT molecular complexity index is 6530. The lowest BCUT2D eigenvalue weighted by Gasteiger charge is -2.31. The monoisotopic (exact) mass is 1250 g/mol. The fraction of sp³-hybridized carbons (Fsp3) is 0. The molecule has 0 amide bonds. The lowest BCUT2D eigenvalue weighted by atomic mass is 9.97. The minimum atomic E-state index is 0.468. The number of hydrogen-bond donors (Lipinski definition) is 0. The van der Waals surface area contributed by atoms with E-state index < -0.39 is 0 Å². The summed E-state index contributed by atoms with van der Waals surface area (Å²) in [7, 11) is 0. The molecule has 0 atom stereocenters. The van der Waals surface area contributed by atoms with Crippen LogP contribution in [0.1, 0.15) is 5.56 Å². The summed E-state index contributed by atoms with van der Waals surface area (Å²) in [5.41, 5.74) is 22.7. The Morgan fingerprint density at radius 2 is 0.480 bits per heavy atom. The van der Waals surface area contributed by atoms with Gasteiger partial charge in [-0.1, -0.05) is 212 Å². The Morgan fingerprint density at radius 1 is 0.224 bits per heavy atom. The van der Waals surface area contributed by atoms with Gasteiger partial charge in [-0.05, 0) is 120 Å². The molecular formula is C90H54N8. The molecule has 7 heterocycles. The predicted molar refractivity (Wildman–Crippen MR) is 406 cm³/mol. The summed E-state index contributed by atoms with van der Waals surface area (Å²) in [6, 6.07) is 120. The van der Waals surface area contributed by atoms with Gasteiger partial charge in [0.25, 0.3) is 0 Å². The molecule has 7 aromatic heterocycles. The summed E-state index contributed by atoms with van der Waals surface area (Å²) in [4.78, 5) is 5.58. The van der Waals surface area contributed by atoms with Crippen LogP contribution in [0.3, 0.4) is 0 Å². The highest BCUT2D eigenvalue weighted by Crippen LogP contribution is 2.54. The van der Waals surface area contributed by atoms with Gasteiger partial charge in [0.2, 0.25) is 0 Å². The van der Waals surface area contributed by atoms with Crippen molar-refractivity contribution in [3.05, 3.63) is 333 Å². The highest BCUT2D eigenvalue weighted by molar-refractivity contribution is 6.20. The van der Waals surface area contributed by atoms with E-state index in [1.165, 1.54) is 16.3 Å². The third-order valence-corrected chi connectivity index (χ3v) is 20.7. The maximum Gasteiger partial charge on any atom is 0.101 e. The number of pyridine rings is 1. The molecule has 8 nitrogen and oxygen atoms in total. The standard InChI is InChI=1S/C90H54N8/c91-54-56-46-49-72(92-55-56)85-86(94-74-37-15-4-26-60(74)61-27-5-16-38-75(61)94)88(96-78-41-19-8-30-64(78)65-31-9-20-42-79(65)96)90(89(97-80-43-21-10-32-66(80)67-33-11-22-44-81(67)97)87(85)95-76-39-17-6-28-62(76)63-29-7-18-40-77(63)95)98-82-45-23-13-35-69(82)71-53-58(48-51-84(71)98)57-47-50-83-70(52-57)68-34-12-14-36-73(68)93(83)59-24-2-1-3-25-59/h1-53,55H. The Hall–Kier alpha value is -13.5. The number of nitrogens with zero attached hydrogens (tertiary/aromatic N) is 8. The topological polar surface area (TPSA) is 66.3 Å². The number of para-hydroxylation sites is 11. The molecule has 0 aliphatic heterocycles. The molecule has 98 heavy (non-hydrogen) atoms. The molecule has 0 radical (unpaired) electrons. The predicted octanol–water partition coefficient (Wildman–Crippen LogP) is 22.9. The smallest absolute Gasteiger partial charge is 0.101 e. The second-order valence-electron chi connectivity index (χ2n) is 25.6. The van der Waals surface area contributed by atoms with Crippen molar-refractivity contribution < 1.29 is 0 Å². The van der Waals surface area contributed by atoms with Gasteiger partial charge in [-0.25, -0.2) is 0 Å². The van der Waals surface area contributed by atoms with Crippen molar-refractivity contribution in [1.82, 2.24) is 32.4 Å². The number of nitriles is 1. The van der Waals surface area contributed by atoms with E-state index >= 15 is 0 Å². The summed E-state index contributed by atoms with van der Waals surface area (Å²) in [5, 5.41) is 24.3. The van der Waals surface area contributed by atoms with Crippen molar-refractivity contribution in [2.75, 3.05) is 0 Å². The first-order valence-corrected chi connectivity index (χ1v) is 33.3. The molecule has 21 rings (SSSR count). The van der Waals surface area contributed by atoms with Crippen molar-refractivity contribution in [1.29, 1.82) is 5.26 Å². The molecule has 0 aliphatic carbocycles. The first kappa shape index (κ1) is 54.0. The van der Waals surface area contributed by atoms with Crippen LogP contribution in [-0.2, 0) is 0 Å². The second-order valence-corrected chi connectivity index (χ2v) is 25.6. The van der Waals surface area contributed by atoms with Crippen LogP contribution in [0.15, 0.2) is 328 Å². The van der Waals surface area contributed by atoms with E-state index in [-0.39, 0.29) is 0 Å². The third kappa shape index (κ3) is 7.49. The minimum absolute atomic E-state index is 0.468. The fourth-order valence-electron chi connectivity index (χ4n) is 16.7. The molecular weight excluding hydrogens is 1190 g/mol. The Kier molecular flexibility index (Phi) is 11.4. The van der Waals surface area contributed by atoms with Gasteiger partial charge in [-0.15, -0.1) is 0 Å². The van der Waals surface area contributed by atoms with Crippen LogP contribution in [0.5, 0.6) is 0 Å². The van der Waals surface area contributed by atoms with Crippen molar-refractivity contribution >= 4 is 131 Å². The minimum Gasteiger partial charge on any atom is -0.309 e. The average molecular weight is 1250 g/mol. The van der Waals surface area contributed by atoms with Gasteiger partial charge in [-0.3, -0.25) is 4.98 Å². The first-order chi connectivity index (χ1) is 48.7. The average Bonchev–Trinajstić information content (AvgIpc) is 1.28. The Morgan fingerprint density at radius 3 is 0.786 bits per heavy atom. The van der Waals surface area contributed by atoms with Gasteiger partial charge in [0.1, 0.15) is 6.07 Å². The lowest BCUT2D eigenvalue weighted by Crippen LogP contribution is -2.18. The molecule has 0 fully saturated rings. The summed E-state index contributed by atoms with van der Waals surface area (Å²) < 4.78 is 15.2. The Balaban J connectivity index is 1.04. The van der Waals surface area contributed by atoms with Crippen molar-refractivity contribution in [2.24, 2.45) is 0 Å². The number of fused-ring (bicyclic) bond motifs is 18. The quantitative estimate of drug-likeness (QED) is 0.152. The SMILES string of the molecule is N#Cc1ccc(-c2c(-n3c4ccccc4c4ccccc43)c(-n3c4ccccc4c4ccccc43)c(-n3c4ccccc4c4cc(-c5ccc6c(c5)c5ccccc5n6-c5ccccc5)ccc43)c(-n3c4ccccc4c4ccccc43)c2-n2c3ccccc3c3ccccc32)nc1. The zero-order valence-corrected chi connectivity index (χ0v) is 52.8. The third-order valence-electron chi connectivity index (χ3n) is 20.7. The maximum atomic E-state index is 10.7. The van der Waals surface area contributed by atoms with Crippen LogP contribution in [0, 0.1) is 11.3 Å². The summed E-state index contributed by atoms with van der Waals surface area (Å²) in [6.07, 6.45) is 1.75. The molecule has 0 spiro atoms. The van der Waals surface area contributed by atoms with Crippen LogP contribution >= 0.6 is 0 Å². The van der Waals surface area contributed by atoms with E-state index in [0.717, 1.165) is 165 Å². The molecule has 0 saturated carbocycles. The second kappa shape index (κ2) is 20.8. The molecule has 0 aliphatic rings. The number of rotatable bonds is 8. The summed E-state index contributed by atoms with van der Waals surface area (Å²) in [6.45, 7) is 0. The van der Waals surface area contributed by atoms with Crippen LogP contribution in [-0.4, -0.2) is 32.4 Å². The van der Waals surface area contributed by atoms with Gasteiger partial charge < -0.3 is 27.4 Å². The largest absolute Gasteiger partial charge is 0.309 e. The van der Waals surface area contributed by atoms with Crippen molar-refractivity contribution in [3.8, 4) is 62.6 Å². The molecule has 14 aromatic carbocycles. The Labute approximate surface area is 561 Å². The van der Waals surface area contributed by atoms with Crippen LogP contribution < -0.4 is 0 Å². The highest BCUT2D eigenvalue weighted by atomic mass is 15.2. The summed E-state index contributed by atoms with van der Waals surface area (Å²) in [5.74, 6) is 0. The summed E-state index contributed by atoms with van der Waals surface area (Å²) >= 11 is 0. The van der Waals surface area contributed by atoms with Crippen LogP contribution in [0.25, 0.3) is 187 Å². The molecule has 0 N–H and O–H groups in total. The maximum absolute atomic E-state index is 10.7. The van der Waals surface area contributed by atoms with Crippen molar-refractivity contribution in [2.45, 2.75) is 0 Å². The number of aromatic nitrogens is 7. The molecule has 0 unspecified atom stereocenters. The van der Waals surface area contributed by atoms with Crippen LogP contribution in [0.2, 0.25) is 0 Å². The molecule has 454 valence electrons. The van der Waals surface area contributed by atoms with E-state index in [4.69, 9.17) is 4.98 Å². The molecule has 0 saturated heterocycles. The van der Waals surface area contributed by atoms with E-state index in [9.17, 15) is 5.26 Å². The normalized spacial score (nSPS) is 12.1. The lowest BCUT2D eigenvalue weighted by molar-refractivity contribution is 0.999. The number of benzene rings is 14. The molecule has 0 bridgehead atoms. The zero-order valence-electron chi connectivity index (χ0n) is 52.8. The van der Waals surface area contributed by atoms with E-state index in [2.05, 4.69) is 349 Å². The van der Waals surface area contributed by atoms with Gasteiger partial charge in [0.05, 0.1) is 111 Å². The van der Waals surface area contributed by atoms with Gasteiger partial charge in [0, 0.05) is 76.5 Å². The van der Waals surface area contributed by atoms with Gasteiger partial charge in [-0.2, -0.15) is 5.26 Å². The molecule has 21 aromatic rings.